The van der Waals surface area contributed by atoms with E-state index in [1.165, 1.54) is 10.9 Å². The molecule has 14 heavy (non-hydrogen) atoms. The maximum absolute atomic E-state index is 5.94. The number of aryl methyl sites for hydroxylation is 1. The van der Waals surface area contributed by atoms with E-state index in [0.717, 1.165) is 16.4 Å². The number of aromatic nitrogens is 1. The van der Waals surface area contributed by atoms with E-state index in [1.54, 1.807) is 0 Å². The van der Waals surface area contributed by atoms with Crippen LogP contribution in [0.2, 0.25) is 5.15 Å². The Morgan fingerprint density at radius 1 is 1.43 bits per heavy atom. The summed E-state index contributed by atoms with van der Waals surface area (Å²) in [5.74, 6) is 0. The molecule has 0 amide bonds. The fourth-order valence-electron chi connectivity index (χ4n) is 1.54. The summed E-state index contributed by atoms with van der Waals surface area (Å²) >= 11 is 9.42. The molecular formula is C11H9BrClN. The Labute approximate surface area is 96.2 Å². The van der Waals surface area contributed by atoms with Crippen LogP contribution in [0.1, 0.15) is 12.5 Å². The molecule has 0 aliphatic carbocycles. The molecule has 2 rings (SSSR count). The van der Waals surface area contributed by atoms with Gasteiger partial charge in [-0.3, -0.25) is 0 Å². The SMILES string of the molecule is CCc1cc(Cl)nc2c(Br)cccc12. The van der Waals surface area contributed by atoms with Gasteiger partial charge in [0, 0.05) is 9.86 Å². The van der Waals surface area contributed by atoms with Crippen molar-refractivity contribution in [3.63, 3.8) is 0 Å². The fourth-order valence-corrected chi connectivity index (χ4v) is 2.21. The van der Waals surface area contributed by atoms with E-state index >= 15 is 0 Å². The van der Waals surface area contributed by atoms with Crippen molar-refractivity contribution in [1.82, 2.24) is 4.98 Å². The Morgan fingerprint density at radius 2 is 2.21 bits per heavy atom. The van der Waals surface area contributed by atoms with Gasteiger partial charge in [-0.25, -0.2) is 4.98 Å². The molecule has 0 spiro atoms. The molecule has 2 aromatic rings. The van der Waals surface area contributed by atoms with Crippen molar-refractivity contribution in [2.45, 2.75) is 13.3 Å². The highest BCUT2D eigenvalue weighted by atomic mass is 79.9. The van der Waals surface area contributed by atoms with Crippen LogP contribution < -0.4 is 0 Å². The van der Waals surface area contributed by atoms with Gasteiger partial charge in [-0.15, -0.1) is 0 Å². The zero-order valence-electron chi connectivity index (χ0n) is 7.72. The third-order valence-electron chi connectivity index (χ3n) is 2.23. The van der Waals surface area contributed by atoms with Crippen molar-refractivity contribution < 1.29 is 0 Å². The van der Waals surface area contributed by atoms with Crippen LogP contribution in [0.25, 0.3) is 10.9 Å². The second kappa shape index (κ2) is 3.87. The second-order valence-corrected chi connectivity index (χ2v) is 4.34. The monoisotopic (exact) mass is 269 g/mol. The molecule has 0 atom stereocenters. The first-order chi connectivity index (χ1) is 6.72. The third-order valence-corrected chi connectivity index (χ3v) is 3.06. The summed E-state index contributed by atoms with van der Waals surface area (Å²) < 4.78 is 0.993. The van der Waals surface area contributed by atoms with Crippen LogP contribution in [0.4, 0.5) is 0 Å². The quantitative estimate of drug-likeness (QED) is 0.707. The lowest BCUT2D eigenvalue weighted by molar-refractivity contribution is 1.15. The number of nitrogens with zero attached hydrogens (tertiary/aromatic N) is 1. The lowest BCUT2D eigenvalue weighted by Crippen LogP contribution is -1.88. The van der Waals surface area contributed by atoms with Crippen molar-refractivity contribution in [3.8, 4) is 0 Å². The first-order valence-electron chi connectivity index (χ1n) is 4.46. The molecule has 0 radical (unpaired) electrons. The van der Waals surface area contributed by atoms with Crippen molar-refractivity contribution >= 4 is 38.4 Å². The normalized spacial score (nSPS) is 10.8. The molecule has 0 fully saturated rings. The van der Waals surface area contributed by atoms with E-state index in [2.05, 4.69) is 33.9 Å². The van der Waals surface area contributed by atoms with Crippen LogP contribution in [0.5, 0.6) is 0 Å². The van der Waals surface area contributed by atoms with Crippen LogP contribution in [0.3, 0.4) is 0 Å². The molecule has 0 N–H and O–H groups in total. The van der Waals surface area contributed by atoms with Gasteiger partial charge in [-0.05, 0) is 40.0 Å². The van der Waals surface area contributed by atoms with Crippen molar-refractivity contribution in [1.29, 1.82) is 0 Å². The standard InChI is InChI=1S/C11H9BrClN/c1-2-7-6-10(13)14-11-8(7)4-3-5-9(11)12/h3-6H,2H2,1H3. The van der Waals surface area contributed by atoms with Crippen molar-refractivity contribution in [2.75, 3.05) is 0 Å². The molecular weight excluding hydrogens is 261 g/mol. The van der Waals surface area contributed by atoms with Crippen molar-refractivity contribution in [3.05, 3.63) is 39.5 Å². The molecule has 3 heteroatoms. The Bertz CT molecular complexity index is 482. The van der Waals surface area contributed by atoms with Crippen molar-refractivity contribution in [2.24, 2.45) is 0 Å². The van der Waals surface area contributed by atoms with Crippen LogP contribution in [0.15, 0.2) is 28.7 Å². The number of hydrogen-bond acceptors (Lipinski definition) is 1. The number of hydrogen-bond donors (Lipinski definition) is 0. The minimum atomic E-state index is 0.557. The molecule has 0 bridgehead atoms. The summed E-state index contributed by atoms with van der Waals surface area (Å²) in [5, 5.41) is 1.73. The Balaban J connectivity index is 2.87. The number of fused-ring (bicyclic) bond motifs is 1. The maximum Gasteiger partial charge on any atom is 0.130 e. The topological polar surface area (TPSA) is 12.9 Å². The van der Waals surface area contributed by atoms with Gasteiger partial charge in [0.15, 0.2) is 0 Å². The lowest BCUT2D eigenvalue weighted by atomic mass is 10.1. The minimum Gasteiger partial charge on any atom is -0.235 e. The van der Waals surface area contributed by atoms with Crippen LogP contribution >= 0.6 is 27.5 Å². The average Bonchev–Trinajstić information content (AvgIpc) is 2.18. The van der Waals surface area contributed by atoms with Gasteiger partial charge in [0.1, 0.15) is 5.15 Å². The molecule has 0 unspecified atom stereocenters. The molecule has 1 aromatic carbocycles. The molecule has 1 aromatic heterocycles. The zero-order valence-corrected chi connectivity index (χ0v) is 10.1. The third kappa shape index (κ3) is 1.64. The molecule has 0 aliphatic rings. The van der Waals surface area contributed by atoms with Crippen LogP contribution in [-0.4, -0.2) is 4.98 Å². The van der Waals surface area contributed by atoms with E-state index in [0.29, 0.717) is 5.15 Å². The van der Waals surface area contributed by atoms with E-state index in [-0.39, 0.29) is 0 Å². The predicted octanol–water partition coefficient (Wildman–Crippen LogP) is 4.21. The van der Waals surface area contributed by atoms with Crippen LogP contribution in [0, 0.1) is 0 Å². The Kier molecular flexibility index (Phi) is 2.75. The molecule has 0 saturated heterocycles. The molecule has 72 valence electrons. The second-order valence-electron chi connectivity index (χ2n) is 3.09. The zero-order chi connectivity index (χ0) is 10.1. The number of para-hydroxylation sites is 1. The number of halogens is 2. The smallest absolute Gasteiger partial charge is 0.130 e. The highest BCUT2D eigenvalue weighted by Crippen LogP contribution is 2.27. The van der Waals surface area contributed by atoms with E-state index in [9.17, 15) is 0 Å². The van der Waals surface area contributed by atoms with E-state index in [4.69, 9.17) is 11.6 Å². The minimum absolute atomic E-state index is 0.557. The Hall–Kier alpha value is -0.600. The first-order valence-corrected chi connectivity index (χ1v) is 5.63. The highest BCUT2D eigenvalue weighted by molar-refractivity contribution is 9.10. The van der Waals surface area contributed by atoms with Gasteiger partial charge < -0.3 is 0 Å². The predicted molar refractivity (Wildman–Crippen MR) is 63.8 cm³/mol. The van der Waals surface area contributed by atoms with Gasteiger partial charge in [-0.1, -0.05) is 30.7 Å². The Morgan fingerprint density at radius 3 is 2.93 bits per heavy atom. The van der Waals surface area contributed by atoms with Gasteiger partial charge in [0.05, 0.1) is 5.52 Å². The number of pyridine rings is 1. The first kappa shape index (κ1) is 9.94. The molecule has 1 nitrogen and oxygen atoms in total. The largest absolute Gasteiger partial charge is 0.235 e. The van der Waals surface area contributed by atoms with Gasteiger partial charge in [0.2, 0.25) is 0 Å². The molecule has 0 saturated carbocycles. The maximum atomic E-state index is 5.94. The molecule has 0 aliphatic heterocycles. The van der Waals surface area contributed by atoms with Gasteiger partial charge >= 0.3 is 0 Å². The summed E-state index contributed by atoms with van der Waals surface area (Å²) in [6.45, 7) is 2.12. The van der Waals surface area contributed by atoms with Gasteiger partial charge in [-0.2, -0.15) is 0 Å². The summed E-state index contributed by atoms with van der Waals surface area (Å²) in [5.41, 5.74) is 2.18. The molecule has 1 heterocycles. The van der Waals surface area contributed by atoms with Gasteiger partial charge in [0.25, 0.3) is 0 Å². The number of benzene rings is 1. The highest BCUT2D eigenvalue weighted by Gasteiger charge is 2.05. The summed E-state index contributed by atoms with van der Waals surface area (Å²) in [6.07, 6.45) is 0.967. The summed E-state index contributed by atoms with van der Waals surface area (Å²) in [4.78, 5) is 4.30. The van der Waals surface area contributed by atoms with Crippen LogP contribution in [-0.2, 0) is 6.42 Å². The fraction of sp³-hybridized carbons (Fsp3) is 0.182. The average molecular weight is 271 g/mol. The number of rotatable bonds is 1. The lowest BCUT2D eigenvalue weighted by Gasteiger charge is -2.05. The summed E-state index contributed by atoms with van der Waals surface area (Å²) in [7, 11) is 0. The van der Waals surface area contributed by atoms with E-state index in [1.807, 2.05) is 18.2 Å². The summed E-state index contributed by atoms with van der Waals surface area (Å²) in [6, 6.07) is 7.99. The van der Waals surface area contributed by atoms with E-state index < -0.39 is 0 Å².